The molecule has 4 nitrogen and oxygen atoms in total. The molecule has 2 saturated heterocycles. The Balaban J connectivity index is 2.02. The topological polar surface area (TPSA) is 13.0 Å². The lowest BCUT2D eigenvalue weighted by Gasteiger charge is -2.36. The van der Waals surface area contributed by atoms with Crippen molar-refractivity contribution in [1.82, 2.24) is 19.6 Å². The predicted octanol–water partition coefficient (Wildman–Crippen LogP) is 0.826. The average Bonchev–Trinajstić information content (AvgIpc) is 2.40. The molecule has 2 fully saturated rings. The van der Waals surface area contributed by atoms with Crippen molar-refractivity contribution in [2.75, 3.05) is 73.0 Å². The lowest BCUT2D eigenvalue weighted by atomic mass is 10.2. The number of fused-ring (bicyclic) bond motifs is 3. The summed E-state index contributed by atoms with van der Waals surface area (Å²) in [4.78, 5) is 9.94. The number of nitrogens with zero attached hydrogens (tertiary/aromatic N) is 4. The van der Waals surface area contributed by atoms with Gasteiger partial charge in [-0.25, -0.2) is 0 Å². The van der Waals surface area contributed by atoms with Crippen molar-refractivity contribution < 1.29 is 0 Å². The van der Waals surface area contributed by atoms with Crippen LogP contribution in [0.1, 0.15) is 12.8 Å². The van der Waals surface area contributed by atoms with E-state index >= 15 is 0 Å². The smallest absolute Gasteiger partial charge is 0.0863 e. The molecule has 3 atom stereocenters. The fourth-order valence-corrected chi connectivity index (χ4v) is 3.20. The minimum absolute atomic E-state index is 0.190. The van der Waals surface area contributed by atoms with E-state index in [1.807, 2.05) is 0 Å². The highest BCUT2D eigenvalue weighted by Gasteiger charge is 2.21. The fraction of sp³-hybridized carbons (Fsp3) is 1.00. The first-order valence-corrected chi connectivity index (χ1v) is 8.06. The molecule has 2 aliphatic heterocycles. The fourth-order valence-electron chi connectivity index (χ4n) is 2.91. The molecule has 5 heteroatoms. The largest absolute Gasteiger partial charge is 0.305 e. The summed E-state index contributed by atoms with van der Waals surface area (Å²) < 4.78 is 0. The molecule has 19 heavy (non-hydrogen) atoms. The summed E-state index contributed by atoms with van der Waals surface area (Å²) >= 11 is 6.61. The first-order valence-electron chi connectivity index (χ1n) is 7.63. The Morgan fingerprint density at radius 2 is 1.37 bits per heavy atom. The van der Waals surface area contributed by atoms with E-state index in [0.717, 1.165) is 32.6 Å². The van der Waals surface area contributed by atoms with Crippen LogP contribution in [0.15, 0.2) is 0 Å². The van der Waals surface area contributed by atoms with Gasteiger partial charge < -0.3 is 14.7 Å². The number of halogens is 1. The Morgan fingerprint density at radius 1 is 0.737 bits per heavy atom. The predicted molar refractivity (Wildman–Crippen MR) is 81.9 cm³/mol. The Morgan fingerprint density at radius 3 is 2.21 bits per heavy atom. The van der Waals surface area contributed by atoms with E-state index < -0.39 is 0 Å². The molecule has 0 aliphatic carbocycles. The number of hydrogen-bond donors (Lipinski definition) is 0. The van der Waals surface area contributed by atoms with E-state index in [9.17, 15) is 0 Å². The van der Waals surface area contributed by atoms with Gasteiger partial charge in [-0.05, 0) is 40.0 Å². The summed E-state index contributed by atoms with van der Waals surface area (Å²) in [6.07, 6.45) is 2.35. The Hall–Kier alpha value is 0.130. The summed E-state index contributed by atoms with van der Waals surface area (Å²) in [6, 6.07) is 0. The maximum Gasteiger partial charge on any atom is 0.0863 e. The quantitative estimate of drug-likeness (QED) is 0.483. The zero-order chi connectivity index (χ0) is 13.7. The van der Waals surface area contributed by atoms with Gasteiger partial charge >= 0.3 is 0 Å². The zero-order valence-electron chi connectivity index (χ0n) is 12.5. The van der Waals surface area contributed by atoms with E-state index in [4.69, 9.17) is 11.6 Å². The van der Waals surface area contributed by atoms with Gasteiger partial charge in [0.15, 0.2) is 0 Å². The molecular formula is C14H29ClN4. The van der Waals surface area contributed by atoms with Gasteiger partial charge in [-0.2, -0.15) is 0 Å². The minimum Gasteiger partial charge on any atom is -0.305 e. The second-order valence-corrected chi connectivity index (χ2v) is 6.56. The van der Waals surface area contributed by atoms with Crippen LogP contribution < -0.4 is 0 Å². The van der Waals surface area contributed by atoms with Crippen LogP contribution in [0.25, 0.3) is 0 Å². The van der Waals surface area contributed by atoms with Gasteiger partial charge in [0.05, 0.1) is 5.50 Å². The molecule has 112 valence electrons. The third kappa shape index (κ3) is 5.20. The highest BCUT2D eigenvalue weighted by atomic mass is 35.5. The molecule has 2 aliphatic rings. The molecule has 2 rings (SSSR count). The summed E-state index contributed by atoms with van der Waals surface area (Å²) in [6.45, 7) is 10.4. The normalized spacial score (nSPS) is 37.1. The molecule has 0 saturated carbocycles. The minimum atomic E-state index is 0.190. The summed E-state index contributed by atoms with van der Waals surface area (Å²) in [7, 11) is 4.44. The van der Waals surface area contributed by atoms with Crippen molar-refractivity contribution in [2.24, 2.45) is 0 Å². The second-order valence-electron chi connectivity index (χ2n) is 6.06. The number of likely N-dealkylation sites (N-methyl/N-ethyl adjacent to an activating group) is 2. The van der Waals surface area contributed by atoms with Crippen LogP contribution in [0.4, 0.5) is 0 Å². The lowest BCUT2D eigenvalue weighted by molar-refractivity contribution is 0.124. The molecular weight excluding hydrogens is 260 g/mol. The maximum absolute atomic E-state index is 6.61. The number of alkyl halides is 1. The highest BCUT2D eigenvalue weighted by Crippen LogP contribution is 2.13. The van der Waals surface area contributed by atoms with E-state index in [0.29, 0.717) is 0 Å². The molecule has 2 bridgehead atoms. The van der Waals surface area contributed by atoms with E-state index in [-0.39, 0.29) is 5.50 Å². The van der Waals surface area contributed by atoms with Crippen LogP contribution >= 0.6 is 11.6 Å². The monoisotopic (exact) mass is 288 g/mol. The number of rotatable bonds is 0. The van der Waals surface area contributed by atoms with Gasteiger partial charge in [0.2, 0.25) is 0 Å². The Bertz CT molecular complexity index is 262. The van der Waals surface area contributed by atoms with Gasteiger partial charge in [-0.1, -0.05) is 0 Å². The van der Waals surface area contributed by atoms with Crippen LogP contribution in [0.2, 0.25) is 0 Å². The van der Waals surface area contributed by atoms with Crippen molar-refractivity contribution in [2.45, 2.75) is 18.3 Å². The zero-order valence-corrected chi connectivity index (χ0v) is 13.3. The molecule has 0 aromatic rings. The number of hydrogen-bond acceptors (Lipinski definition) is 4. The van der Waals surface area contributed by atoms with E-state index in [1.165, 1.54) is 39.1 Å². The second kappa shape index (κ2) is 7.79. The van der Waals surface area contributed by atoms with Crippen LogP contribution in [0.3, 0.4) is 0 Å². The molecule has 0 spiro atoms. The SMILES string of the molecule is CN1CCC(Cl)N2CCN(C)CCCN(CC1)CC2. The third-order valence-electron chi connectivity index (χ3n) is 4.43. The van der Waals surface area contributed by atoms with Gasteiger partial charge in [0.25, 0.3) is 0 Å². The van der Waals surface area contributed by atoms with Gasteiger partial charge in [-0.3, -0.25) is 4.90 Å². The standard InChI is InChI=1S/C14H29ClN4/c1-16-5-3-6-18-10-8-17(2)7-4-14(15)19(12-9-16)13-11-18/h14H,3-13H2,1-2H3. The first kappa shape index (κ1) is 15.5. The van der Waals surface area contributed by atoms with Gasteiger partial charge in [0, 0.05) is 45.8 Å². The molecule has 3 unspecified atom stereocenters. The van der Waals surface area contributed by atoms with Crippen molar-refractivity contribution in [3.8, 4) is 0 Å². The van der Waals surface area contributed by atoms with Crippen molar-refractivity contribution in [3.05, 3.63) is 0 Å². The van der Waals surface area contributed by atoms with Crippen LogP contribution in [0.5, 0.6) is 0 Å². The van der Waals surface area contributed by atoms with Crippen LogP contribution in [0, 0.1) is 0 Å². The van der Waals surface area contributed by atoms with Crippen LogP contribution in [-0.2, 0) is 0 Å². The van der Waals surface area contributed by atoms with Gasteiger partial charge in [-0.15, -0.1) is 11.6 Å². The molecule has 0 amide bonds. The van der Waals surface area contributed by atoms with E-state index in [2.05, 4.69) is 33.7 Å². The van der Waals surface area contributed by atoms with E-state index in [1.54, 1.807) is 0 Å². The Kier molecular flexibility index (Phi) is 6.36. The van der Waals surface area contributed by atoms with Crippen molar-refractivity contribution in [1.29, 1.82) is 0 Å². The van der Waals surface area contributed by atoms with Crippen molar-refractivity contribution >= 4 is 11.6 Å². The van der Waals surface area contributed by atoms with Crippen LogP contribution in [-0.4, -0.2) is 98.1 Å². The molecule has 0 radical (unpaired) electrons. The summed E-state index contributed by atoms with van der Waals surface area (Å²) in [5, 5.41) is 0. The molecule has 0 N–H and O–H groups in total. The third-order valence-corrected chi connectivity index (χ3v) is 4.92. The van der Waals surface area contributed by atoms with Gasteiger partial charge in [0.1, 0.15) is 0 Å². The first-order chi connectivity index (χ1) is 9.15. The molecule has 2 heterocycles. The molecule has 0 aromatic carbocycles. The summed E-state index contributed by atoms with van der Waals surface area (Å²) in [5.41, 5.74) is 0.190. The highest BCUT2D eigenvalue weighted by molar-refractivity contribution is 6.20. The maximum atomic E-state index is 6.61. The lowest BCUT2D eigenvalue weighted by Crippen LogP contribution is -2.48. The summed E-state index contributed by atoms with van der Waals surface area (Å²) in [5.74, 6) is 0. The Labute approximate surface area is 123 Å². The average molecular weight is 289 g/mol. The van der Waals surface area contributed by atoms with Crippen molar-refractivity contribution in [3.63, 3.8) is 0 Å². The molecule has 0 aromatic heterocycles.